The lowest BCUT2D eigenvalue weighted by molar-refractivity contribution is 0.396. The second-order valence-electron chi connectivity index (χ2n) is 4.04. The minimum absolute atomic E-state index is 0.493. The zero-order valence-electron chi connectivity index (χ0n) is 8.52. The molecule has 1 aromatic heterocycles. The van der Waals surface area contributed by atoms with Crippen LogP contribution in [0, 0.1) is 0 Å². The molecule has 0 atom stereocenters. The third kappa shape index (κ3) is 2.12. The Balaban J connectivity index is 2.04. The van der Waals surface area contributed by atoms with Crippen LogP contribution in [0.5, 0.6) is 0 Å². The largest absolute Gasteiger partial charge is 0.325 e. The molecule has 0 bridgehead atoms. The topological polar surface area (TPSA) is 56.7 Å². The summed E-state index contributed by atoms with van der Waals surface area (Å²) in [5.74, 6) is 0. The van der Waals surface area contributed by atoms with Gasteiger partial charge < -0.3 is 5.73 Å². The highest BCUT2D eigenvalue weighted by molar-refractivity contribution is 4.92. The zero-order valence-corrected chi connectivity index (χ0v) is 8.52. The van der Waals surface area contributed by atoms with E-state index in [1.807, 2.05) is 10.9 Å². The van der Waals surface area contributed by atoms with Gasteiger partial charge in [0.2, 0.25) is 0 Å². The molecule has 1 aliphatic rings. The standard InChI is InChI=1S/C10H18N4/c11-7-9-8-14(13-12-9)10-5-3-1-2-4-6-10/h8,10H,1-7,11H2. The maximum atomic E-state index is 5.51. The molecule has 1 saturated carbocycles. The fourth-order valence-corrected chi connectivity index (χ4v) is 2.11. The second-order valence-corrected chi connectivity index (χ2v) is 4.04. The van der Waals surface area contributed by atoms with Gasteiger partial charge in [0.25, 0.3) is 0 Å². The highest BCUT2D eigenvalue weighted by Gasteiger charge is 2.15. The Labute approximate surface area is 84.5 Å². The van der Waals surface area contributed by atoms with Gasteiger partial charge in [-0.15, -0.1) is 5.10 Å². The summed E-state index contributed by atoms with van der Waals surface area (Å²) in [4.78, 5) is 0. The first-order valence-electron chi connectivity index (χ1n) is 5.51. The number of aromatic nitrogens is 3. The Morgan fingerprint density at radius 3 is 2.57 bits per heavy atom. The van der Waals surface area contributed by atoms with Gasteiger partial charge in [0.1, 0.15) is 0 Å². The predicted molar refractivity (Wildman–Crippen MR) is 54.7 cm³/mol. The van der Waals surface area contributed by atoms with Crippen LogP contribution in [0.3, 0.4) is 0 Å². The molecule has 1 aromatic rings. The van der Waals surface area contributed by atoms with Crippen molar-refractivity contribution in [2.24, 2.45) is 5.73 Å². The van der Waals surface area contributed by atoms with E-state index in [9.17, 15) is 0 Å². The molecule has 0 radical (unpaired) electrons. The van der Waals surface area contributed by atoms with Crippen molar-refractivity contribution in [1.29, 1.82) is 0 Å². The molecule has 14 heavy (non-hydrogen) atoms. The molecule has 78 valence electrons. The Bertz CT molecular complexity index is 273. The van der Waals surface area contributed by atoms with E-state index in [0.29, 0.717) is 12.6 Å². The number of rotatable bonds is 2. The van der Waals surface area contributed by atoms with Gasteiger partial charge in [-0.3, -0.25) is 0 Å². The molecule has 0 amide bonds. The van der Waals surface area contributed by atoms with Gasteiger partial charge in [-0.1, -0.05) is 30.9 Å². The monoisotopic (exact) mass is 194 g/mol. The van der Waals surface area contributed by atoms with Crippen LogP contribution >= 0.6 is 0 Å². The molecule has 2 rings (SSSR count). The summed E-state index contributed by atoms with van der Waals surface area (Å²) < 4.78 is 2.01. The third-order valence-electron chi connectivity index (χ3n) is 2.97. The van der Waals surface area contributed by atoms with Crippen LogP contribution in [0.25, 0.3) is 0 Å². The van der Waals surface area contributed by atoms with Crippen molar-refractivity contribution in [3.05, 3.63) is 11.9 Å². The Morgan fingerprint density at radius 2 is 2.00 bits per heavy atom. The average molecular weight is 194 g/mol. The Hall–Kier alpha value is -0.900. The number of nitrogens with zero attached hydrogens (tertiary/aromatic N) is 3. The molecule has 0 unspecified atom stereocenters. The van der Waals surface area contributed by atoms with E-state index in [2.05, 4.69) is 10.3 Å². The molecule has 4 heteroatoms. The Morgan fingerprint density at radius 1 is 1.29 bits per heavy atom. The van der Waals surface area contributed by atoms with Crippen molar-refractivity contribution in [3.8, 4) is 0 Å². The molecule has 1 fully saturated rings. The molecular weight excluding hydrogens is 176 g/mol. The van der Waals surface area contributed by atoms with E-state index in [4.69, 9.17) is 5.73 Å². The van der Waals surface area contributed by atoms with Crippen LogP contribution in [0.4, 0.5) is 0 Å². The maximum absolute atomic E-state index is 5.51. The quantitative estimate of drug-likeness (QED) is 0.728. The van der Waals surface area contributed by atoms with E-state index in [-0.39, 0.29) is 0 Å². The fourth-order valence-electron chi connectivity index (χ4n) is 2.11. The SMILES string of the molecule is NCc1cn(C2CCCCCC2)nn1. The molecule has 4 nitrogen and oxygen atoms in total. The van der Waals surface area contributed by atoms with Gasteiger partial charge in [0.15, 0.2) is 0 Å². The van der Waals surface area contributed by atoms with Gasteiger partial charge in [0, 0.05) is 6.54 Å². The third-order valence-corrected chi connectivity index (χ3v) is 2.97. The molecule has 1 heterocycles. The van der Waals surface area contributed by atoms with Crippen molar-refractivity contribution in [2.75, 3.05) is 0 Å². The first-order valence-corrected chi connectivity index (χ1v) is 5.51. The normalized spacial score (nSPS) is 19.5. The van der Waals surface area contributed by atoms with Gasteiger partial charge in [-0.25, -0.2) is 4.68 Å². The van der Waals surface area contributed by atoms with Crippen molar-refractivity contribution < 1.29 is 0 Å². The van der Waals surface area contributed by atoms with Crippen LogP contribution < -0.4 is 5.73 Å². The van der Waals surface area contributed by atoms with E-state index in [1.54, 1.807) is 0 Å². The lowest BCUT2D eigenvalue weighted by Gasteiger charge is -2.12. The summed E-state index contributed by atoms with van der Waals surface area (Å²) in [6, 6.07) is 0.560. The predicted octanol–water partition coefficient (Wildman–Crippen LogP) is 1.63. The average Bonchev–Trinajstić information content (AvgIpc) is 2.53. The van der Waals surface area contributed by atoms with Gasteiger partial charge in [-0.2, -0.15) is 0 Å². The first kappa shape index (κ1) is 9.65. The summed E-state index contributed by atoms with van der Waals surface area (Å²) in [7, 11) is 0. The zero-order chi connectivity index (χ0) is 9.80. The van der Waals surface area contributed by atoms with E-state index in [1.165, 1.54) is 38.5 Å². The molecule has 0 aliphatic heterocycles. The summed E-state index contributed by atoms with van der Waals surface area (Å²) in [6.07, 6.45) is 9.87. The Kier molecular flexibility index (Phi) is 3.14. The van der Waals surface area contributed by atoms with Gasteiger partial charge in [0.05, 0.1) is 17.9 Å². The minimum atomic E-state index is 0.493. The van der Waals surface area contributed by atoms with Crippen LogP contribution in [-0.2, 0) is 6.54 Å². The molecule has 0 saturated heterocycles. The fraction of sp³-hybridized carbons (Fsp3) is 0.800. The van der Waals surface area contributed by atoms with Gasteiger partial charge >= 0.3 is 0 Å². The summed E-state index contributed by atoms with van der Waals surface area (Å²) in [6.45, 7) is 0.493. The van der Waals surface area contributed by atoms with E-state index < -0.39 is 0 Å². The number of nitrogens with two attached hydrogens (primary N) is 1. The van der Waals surface area contributed by atoms with Crippen molar-refractivity contribution in [1.82, 2.24) is 15.0 Å². The van der Waals surface area contributed by atoms with Crippen molar-refractivity contribution in [2.45, 2.75) is 51.1 Å². The second kappa shape index (κ2) is 4.55. The van der Waals surface area contributed by atoms with E-state index >= 15 is 0 Å². The van der Waals surface area contributed by atoms with Gasteiger partial charge in [-0.05, 0) is 12.8 Å². The van der Waals surface area contributed by atoms with Crippen molar-refractivity contribution >= 4 is 0 Å². The molecular formula is C10H18N4. The van der Waals surface area contributed by atoms with E-state index in [0.717, 1.165) is 5.69 Å². The molecule has 2 N–H and O–H groups in total. The minimum Gasteiger partial charge on any atom is -0.325 e. The summed E-state index contributed by atoms with van der Waals surface area (Å²) in [5.41, 5.74) is 6.41. The number of hydrogen-bond donors (Lipinski definition) is 1. The highest BCUT2D eigenvalue weighted by Crippen LogP contribution is 2.26. The molecule has 1 aliphatic carbocycles. The van der Waals surface area contributed by atoms with Crippen LogP contribution in [-0.4, -0.2) is 15.0 Å². The maximum Gasteiger partial charge on any atom is 0.0962 e. The molecule has 0 aromatic carbocycles. The van der Waals surface area contributed by atoms with Crippen molar-refractivity contribution in [3.63, 3.8) is 0 Å². The highest BCUT2D eigenvalue weighted by atomic mass is 15.4. The van der Waals surface area contributed by atoms with Crippen LogP contribution in [0.1, 0.15) is 50.3 Å². The summed E-state index contributed by atoms with van der Waals surface area (Å²) >= 11 is 0. The lowest BCUT2D eigenvalue weighted by Crippen LogP contribution is -2.08. The first-order chi connectivity index (χ1) is 6.90. The number of hydrogen-bond acceptors (Lipinski definition) is 3. The van der Waals surface area contributed by atoms with Crippen LogP contribution in [0.2, 0.25) is 0 Å². The molecule has 0 spiro atoms. The lowest BCUT2D eigenvalue weighted by atomic mass is 10.1. The summed E-state index contributed by atoms with van der Waals surface area (Å²) in [5, 5.41) is 8.17. The van der Waals surface area contributed by atoms with Crippen LogP contribution in [0.15, 0.2) is 6.20 Å². The smallest absolute Gasteiger partial charge is 0.0962 e.